The van der Waals surface area contributed by atoms with Crippen LogP contribution in [0.25, 0.3) is 0 Å². The summed E-state index contributed by atoms with van der Waals surface area (Å²) in [4.78, 5) is 11.1. The SMILES string of the molecule is C=C(C)C(=O)NCCc1cc[c]cc1. The molecule has 1 aromatic rings. The van der Waals surface area contributed by atoms with Crippen molar-refractivity contribution in [2.45, 2.75) is 13.3 Å². The minimum atomic E-state index is -0.0764. The van der Waals surface area contributed by atoms with Crippen LogP contribution in [0.15, 0.2) is 36.4 Å². The van der Waals surface area contributed by atoms with Gasteiger partial charge in [-0.25, -0.2) is 0 Å². The van der Waals surface area contributed by atoms with Gasteiger partial charge in [0.15, 0.2) is 0 Å². The van der Waals surface area contributed by atoms with Gasteiger partial charge in [0.2, 0.25) is 5.91 Å². The predicted molar refractivity (Wildman–Crippen MR) is 56.8 cm³/mol. The van der Waals surface area contributed by atoms with Crippen LogP contribution in [-0.2, 0) is 11.2 Å². The smallest absolute Gasteiger partial charge is 0.246 e. The Bertz CT molecular complexity index is 316. The van der Waals surface area contributed by atoms with Gasteiger partial charge in [0.05, 0.1) is 0 Å². The van der Waals surface area contributed by atoms with Gasteiger partial charge in [0, 0.05) is 12.1 Å². The second-order valence-electron chi connectivity index (χ2n) is 3.19. The molecular weight excluding hydrogens is 174 g/mol. The number of rotatable bonds is 4. The number of hydrogen-bond acceptors (Lipinski definition) is 1. The number of amides is 1. The molecule has 73 valence electrons. The van der Waals surface area contributed by atoms with Crippen molar-refractivity contribution in [3.63, 3.8) is 0 Å². The Balaban J connectivity index is 2.29. The van der Waals surface area contributed by atoms with Gasteiger partial charge in [-0.05, 0) is 25.0 Å². The van der Waals surface area contributed by atoms with Gasteiger partial charge in [0.25, 0.3) is 0 Å². The van der Waals surface area contributed by atoms with E-state index in [1.165, 1.54) is 5.56 Å². The molecule has 0 bridgehead atoms. The summed E-state index contributed by atoms with van der Waals surface area (Å²) in [6, 6.07) is 10.7. The second kappa shape index (κ2) is 5.22. The van der Waals surface area contributed by atoms with Crippen molar-refractivity contribution >= 4 is 5.91 Å². The van der Waals surface area contributed by atoms with Crippen LogP contribution in [0.4, 0.5) is 0 Å². The first-order chi connectivity index (χ1) is 6.70. The third-order valence-corrected chi connectivity index (χ3v) is 1.87. The van der Waals surface area contributed by atoms with Gasteiger partial charge in [-0.1, -0.05) is 30.8 Å². The molecular formula is C12H14NO. The van der Waals surface area contributed by atoms with Crippen molar-refractivity contribution in [1.82, 2.24) is 5.32 Å². The number of carbonyl (C=O) groups excluding carboxylic acids is 1. The van der Waals surface area contributed by atoms with Crippen LogP contribution >= 0.6 is 0 Å². The molecule has 0 saturated carbocycles. The molecule has 0 aliphatic heterocycles. The molecule has 0 aliphatic rings. The Kier molecular flexibility index (Phi) is 3.92. The van der Waals surface area contributed by atoms with E-state index in [-0.39, 0.29) is 5.91 Å². The second-order valence-corrected chi connectivity index (χ2v) is 3.19. The molecule has 0 aromatic heterocycles. The number of carbonyl (C=O) groups is 1. The summed E-state index contributed by atoms with van der Waals surface area (Å²) in [5.74, 6) is -0.0764. The Morgan fingerprint density at radius 2 is 2.14 bits per heavy atom. The fourth-order valence-corrected chi connectivity index (χ4v) is 1.06. The summed E-state index contributed by atoms with van der Waals surface area (Å²) in [6.07, 6.45) is 0.841. The topological polar surface area (TPSA) is 29.1 Å². The molecule has 0 fully saturated rings. The van der Waals surface area contributed by atoms with E-state index in [1.54, 1.807) is 6.92 Å². The average molecular weight is 188 g/mol. The molecule has 1 amide bonds. The quantitative estimate of drug-likeness (QED) is 0.716. The van der Waals surface area contributed by atoms with E-state index in [1.807, 2.05) is 24.3 Å². The number of hydrogen-bond donors (Lipinski definition) is 1. The zero-order valence-corrected chi connectivity index (χ0v) is 8.34. The molecule has 0 unspecified atom stereocenters. The summed E-state index contributed by atoms with van der Waals surface area (Å²) in [6.45, 7) is 5.91. The molecule has 0 heterocycles. The average Bonchev–Trinajstić information content (AvgIpc) is 2.19. The molecule has 1 aromatic carbocycles. The highest BCUT2D eigenvalue weighted by Gasteiger charge is 1.99. The lowest BCUT2D eigenvalue weighted by Gasteiger charge is -2.04. The van der Waals surface area contributed by atoms with Crippen molar-refractivity contribution in [2.75, 3.05) is 6.54 Å². The summed E-state index contributed by atoms with van der Waals surface area (Å²) >= 11 is 0. The van der Waals surface area contributed by atoms with E-state index in [0.29, 0.717) is 12.1 Å². The maximum atomic E-state index is 11.1. The molecule has 2 nitrogen and oxygen atoms in total. The first-order valence-electron chi connectivity index (χ1n) is 4.59. The molecule has 0 aliphatic carbocycles. The highest BCUT2D eigenvalue weighted by molar-refractivity contribution is 5.92. The van der Waals surface area contributed by atoms with Crippen molar-refractivity contribution in [1.29, 1.82) is 0 Å². The van der Waals surface area contributed by atoms with Crippen LogP contribution in [0.1, 0.15) is 12.5 Å². The van der Waals surface area contributed by atoms with Crippen LogP contribution in [0, 0.1) is 6.07 Å². The highest BCUT2D eigenvalue weighted by Crippen LogP contribution is 1.97. The Hall–Kier alpha value is -1.57. The zero-order chi connectivity index (χ0) is 10.4. The summed E-state index contributed by atoms with van der Waals surface area (Å²) < 4.78 is 0. The summed E-state index contributed by atoms with van der Waals surface area (Å²) in [5, 5.41) is 2.78. The van der Waals surface area contributed by atoms with Gasteiger partial charge in [0.1, 0.15) is 0 Å². The zero-order valence-electron chi connectivity index (χ0n) is 8.34. The molecule has 1 rings (SSSR count). The fourth-order valence-electron chi connectivity index (χ4n) is 1.06. The predicted octanol–water partition coefficient (Wildman–Crippen LogP) is 1.72. The van der Waals surface area contributed by atoms with E-state index in [4.69, 9.17) is 0 Å². The molecule has 0 saturated heterocycles. The third-order valence-electron chi connectivity index (χ3n) is 1.87. The first kappa shape index (κ1) is 10.5. The molecule has 2 heteroatoms. The van der Waals surface area contributed by atoms with Crippen molar-refractivity contribution in [3.8, 4) is 0 Å². The lowest BCUT2D eigenvalue weighted by molar-refractivity contribution is -0.117. The van der Waals surface area contributed by atoms with E-state index < -0.39 is 0 Å². The van der Waals surface area contributed by atoms with Crippen LogP contribution in [0.5, 0.6) is 0 Å². The largest absolute Gasteiger partial charge is 0.352 e. The normalized spacial score (nSPS) is 9.50. The van der Waals surface area contributed by atoms with Crippen molar-refractivity contribution in [3.05, 3.63) is 48.0 Å². The highest BCUT2D eigenvalue weighted by atomic mass is 16.1. The fraction of sp³-hybridized carbons (Fsp3) is 0.250. The summed E-state index contributed by atoms with van der Waals surface area (Å²) in [7, 11) is 0. The number of benzene rings is 1. The Morgan fingerprint density at radius 1 is 1.50 bits per heavy atom. The van der Waals surface area contributed by atoms with Gasteiger partial charge in [-0.3, -0.25) is 4.79 Å². The summed E-state index contributed by atoms with van der Waals surface area (Å²) in [5.41, 5.74) is 1.75. The maximum absolute atomic E-state index is 11.1. The standard InChI is InChI=1S/C12H14NO/c1-10(2)12(14)13-9-8-11-6-4-3-5-7-11/h4-7H,1,8-9H2,2H3,(H,13,14). The van der Waals surface area contributed by atoms with Crippen molar-refractivity contribution < 1.29 is 4.79 Å². The number of nitrogens with one attached hydrogen (secondary N) is 1. The van der Waals surface area contributed by atoms with Crippen LogP contribution < -0.4 is 5.32 Å². The van der Waals surface area contributed by atoms with Crippen LogP contribution in [-0.4, -0.2) is 12.5 Å². The Labute approximate surface area is 84.6 Å². The van der Waals surface area contributed by atoms with E-state index >= 15 is 0 Å². The Morgan fingerprint density at radius 3 is 2.71 bits per heavy atom. The monoisotopic (exact) mass is 188 g/mol. The minimum absolute atomic E-state index is 0.0764. The van der Waals surface area contributed by atoms with Crippen LogP contribution in [0.2, 0.25) is 0 Å². The third kappa shape index (κ3) is 3.44. The van der Waals surface area contributed by atoms with Gasteiger partial charge in [-0.2, -0.15) is 0 Å². The van der Waals surface area contributed by atoms with Gasteiger partial charge >= 0.3 is 0 Å². The lowest BCUT2D eigenvalue weighted by atomic mass is 10.1. The van der Waals surface area contributed by atoms with Gasteiger partial charge < -0.3 is 5.32 Å². The lowest BCUT2D eigenvalue weighted by Crippen LogP contribution is -2.25. The first-order valence-corrected chi connectivity index (χ1v) is 4.59. The minimum Gasteiger partial charge on any atom is -0.352 e. The maximum Gasteiger partial charge on any atom is 0.246 e. The molecule has 14 heavy (non-hydrogen) atoms. The van der Waals surface area contributed by atoms with E-state index in [0.717, 1.165) is 6.42 Å². The van der Waals surface area contributed by atoms with E-state index in [2.05, 4.69) is 18.0 Å². The van der Waals surface area contributed by atoms with Crippen LogP contribution in [0.3, 0.4) is 0 Å². The molecule has 1 radical (unpaired) electrons. The molecule has 0 atom stereocenters. The molecule has 0 spiro atoms. The van der Waals surface area contributed by atoms with E-state index in [9.17, 15) is 4.79 Å². The molecule has 1 N–H and O–H groups in total. The van der Waals surface area contributed by atoms with Crippen molar-refractivity contribution in [2.24, 2.45) is 0 Å². The van der Waals surface area contributed by atoms with Gasteiger partial charge in [-0.15, -0.1) is 0 Å².